The molecule has 0 saturated heterocycles. The molecule has 0 atom stereocenters. The van der Waals surface area contributed by atoms with Crippen LogP contribution in [-0.2, 0) is 25.6 Å². The van der Waals surface area contributed by atoms with Gasteiger partial charge in [-0.1, -0.05) is 65.7 Å². The minimum absolute atomic E-state index is 0.0321. The number of nitrogens with one attached hydrogen (secondary N) is 1. The van der Waals surface area contributed by atoms with Crippen LogP contribution in [0.15, 0.2) is 60.8 Å². The molecule has 0 aliphatic heterocycles. The summed E-state index contributed by atoms with van der Waals surface area (Å²) in [5.74, 6) is -0.569. The number of aryl methyl sites for hydroxylation is 2. The minimum Gasteiger partial charge on any atom is -0.304 e. The van der Waals surface area contributed by atoms with Gasteiger partial charge >= 0.3 is 6.18 Å². The molecule has 0 saturated carbocycles. The van der Waals surface area contributed by atoms with Gasteiger partial charge in [-0.25, -0.2) is 9.50 Å². The average Bonchev–Trinajstić information content (AvgIpc) is 3.46. The first-order valence-corrected chi connectivity index (χ1v) is 12.2. The Balaban J connectivity index is 1.36. The summed E-state index contributed by atoms with van der Waals surface area (Å²) in [7, 11) is 0. The Morgan fingerprint density at radius 3 is 2.58 bits per heavy atom. The molecule has 11 heteroatoms. The second-order valence-corrected chi connectivity index (χ2v) is 9.56. The second kappa shape index (κ2) is 8.98. The molecule has 0 bridgehead atoms. The normalized spacial score (nSPS) is 12.9. The molecule has 0 unspecified atom stereocenters. The van der Waals surface area contributed by atoms with E-state index in [-0.39, 0.29) is 39.9 Å². The zero-order valence-electron chi connectivity index (χ0n) is 20.1. The van der Waals surface area contributed by atoms with Crippen LogP contribution in [0.25, 0.3) is 16.9 Å². The summed E-state index contributed by atoms with van der Waals surface area (Å²) in [6.07, 6.45) is -2.47. The molecule has 5 aromatic rings. The average molecular weight is 537 g/mol. The lowest BCUT2D eigenvalue weighted by molar-refractivity contribution is -0.143. The van der Waals surface area contributed by atoms with Crippen molar-refractivity contribution >= 4 is 29.0 Å². The number of fused-ring (bicyclic) bond motifs is 4. The fraction of sp³-hybridized carbons (Fsp3) is 0.185. The van der Waals surface area contributed by atoms with Crippen LogP contribution in [0.2, 0.25) is 5.02 Å². The van der Waals surface area contributed by atoms with Crippen LogP contribution in [0.5, 0.6) is 0 Å². The third-order valence-corrected chi connectivity index (χ3v) is 6.90. The summed E-state index contributed by atoms with van der Waals surface area (Å²) in [5.41, 5.74) is 2.34. The van der Waals surface area contributed by atoms with Gasteiger partial charge in [-0.05, 0) is 30.9 Å². The molecule has 7 nitrogen and oxygen atoms in total. The van der Waals surface area contributed by atoms with Crippen molar-refractivity contribution in [2.24, 2.45) is 0 Å². The van der Waals surface area contributed by atoms with Gasteiger partial charge in [-0.2, -0.15) is 23.4 Å². The van der Waals surface area contributed by atoms with Gasteiger partial charge in [-0.15, -0.1) is 0 Å². The zero-order chi connectivity index (χ0) is 26.6. The molecule has 0 fully saturated rings. The second-order valence-electron chi connectivity index (χ2n) is 9.18. The number of alkyl halides is 3. The first-order valence-electron chi connectivity index (χ1n) is 11.9. The number of rotatable bonds is 4. The van der Waals surface area contributed by atoms with Crippen LogP contribution in [0.1, 0.15) is 38.4 Å². The number of hydrogen-bond acceptors (Lipinski definition) is 4. The first kappa shape index (κ1) is 24.2. The van der Waals surface area contributed by atoms with Gasteiger partial charge in [0.15, 0.2) is 22.9 Å². The number of amides is 1. The Labute approximate surface area is 219 Å². The Kier molecular flexibility index (Phi) is 5.71. The third kappa shape index (κ3) is 4.20. The molecule has 3 aromatic heterocycles. The number of halogens is 4. The van der Waals surface area contributed by atoms with Crippen LogP contribution < -0.4 is 5.32 Å². The van der Waals surface area contributed by atoms with Gasteiger partial charge in [0.2, 0.25) is 0 Å². The van der Waals surface area contributed by atoms with Gasteiger partial charge in [0, 0.05) is 23.4 Å². The third-order valence-electron chi connectivity index (χ3n) is 6.55. The van der Waals surface area contributed by atoms with E-state index in [0.29, 0.717) is 23.0 Å². The number of benzene rings is 2. The van der Waals surface area contributed by atoms with E-state index in [0.717, 1.165) is 16.7 Å². The lowest BCUT2D eigenvalue weighted by Crippen LogP contribution is -2.21. The lowest BCUT2D eigenvalue weighted by Gasteiger charge is -2.23. The van der Waals surface area contributed by atoms with E-state index in [1.165, 1.54) is 0 Å². The Morgan fingerprint density at radius 1 is 1.05 bits per heavy atom. The SMILES string of the molecule is Cc1ccc(Cn2ccc(NC(=O)c3nn4c(C(F)(F)F)c5c(nc4c3Cl)-c3ccccc3CC5)n2)cc1. The summed E-state index contributed by atoms with van der Waals surface area (Å²) in [4.78, 5) is 17.5. The predicted octanol–water partition coefficient (Wildman–Crippen LogP) is 5.97. The summed E-state index contributed by atoms with van der Waals surface area (Å²) in [5, 5.41) is 10.6. The van der Waals surface area contributed by atoms with E-state index in [4.69, 9.17) is 11.6 Å². The molecular weight excluding hydrogens is 517 g/mol. The minimum atomic E-state index is -4.74. The highest BCUT2D eigenvalue weighted by Crippen LogP contribution is 2.41. The molecule has 1 aliphatic rings. The monoisotopic (exact) mass is 536 g/mol. The molecule has 0 radical (unpaired) electrons. The highest BCUT2D eigenvalue weighted by atomic mass is 35.5. The van der Waals surface area contributed by atoms with Crippen LogP contribution in [0, 0.1) is 6.92 Å². The van der Waals surface area contributed by atoms with Crippen molar-refractivity contribution in [3.8, 4) is 11.3 Å². The van der Waals surface area contributed by atoms with E-state index in [2.05, 4.69) is 20.5 Å². The molecule has 1 aliphatic carbocycles. The maximum absolute atomic E-state index is 14.3. The van der Waals surface area contributed by atoms with E-state index in [1.54, 1.807) is 29.1 Å². The summed E-state index contributed by atoms with van der Waals surface area (Å²) < 4.78 is 45.3. The number of carbonyl (C=O) groups excluding carboxylic acids is 1. The van der Waals surface area contributed by atoms with Crippen molar-refractivity contribution in [2.75, 3.05) is 5.32 Å². The Morgan fingerprint density at radius 2 is 1.82 bits per heavy atom. The van der Waals surface area contributed by atoms with Gasteiger partial charge in [0.1, 0.15) is 5.02 Å². The lowest BCUT2D eigenvalue weighted by atomic mass is 9.88. The maximum atomic E-state index is 14.3. The molecule has 192 valence electrons. The fourth-order valence-corrected chi connectivity index (χ4v) is 5.00. The zero-order valence-corrected chi connectivity index (χ0v) is 20.8. The standard InChI is InChI=1S/C27H20ClF3N6O/c1-15-6-8-16(9-7-15)14-36-13-12-20(34-36)32-26(38)23-21(28)25-33-22-18-5-3-2-4-17(18)10-11-19(22)24(27(29,30)31)37(25)35-23/h2-9,12-13H,10-11,14H2,1H3,(H,32,34,38). The highest BCUT2D eigenvalue weighted by Gasteiger charge is 2.41. The maximum Gasteiger partial charge on any atom is 0.433 e. The smallest absolute Gasteiger partial charge is 0.304 e. The Hall–Kier alpha value is -4.18. The van der Waals surface area contributed by atoms with Crippen molar-refractivity contribution in [3.63, 3.8) is 0 Å². The molecule has 0 spiro atoms. The number of aromatic nitrogens is 5. The molecule has 2 aromatic carbocycles. The van der Waals surface area contributed by atoms with Crippen molar-refractivity contribution in [1.29, 1.82) is 0 Å². The molecule has 38 heavy (non-hydrogen) atoms. The number of carbonyl (C=O) groups is 1. The van der Waals surface area contributed by atoms with Gasteiger partial charge in [-0.3, -0.25) is 9.48 Å². The Bertz CT molecular complexity index is 1700. The van der Waals surface area contributed by atoms with Crippen molar-refractivity contribution < 1.29 is 18.0 Å². The van der Waals surface area contributed by atoms with Crippen molar-refractivity contribution in [1.82, 2.24) is 24.4 Å². The van der Waals surface area contributed by atoms with Crippen LogP contribution >= 0.6 is 11.6 Å². The molecular formula is C27H20ClF3N6O. The van der Waals surface area contributed by atoms with Crippen molar-refractivity contribution in [2.45, 2.75) is 32.5 Å². The van der Waals surface area contributed by atoms with Gasteiger partial charge in [0.05, 0.1) is 12.2 Å². The van der Waals surface area contributed by atoms with Crippen molar-refractivity contribution in [3.05, 3.63) is 99.5 Å². The van der Waals surface area contributed by atoms with Gasteiger partial charge in [0.25, 0.3) is 5.91 Å². The number of nitrogens with zero attached hydrogens (tertiary/aromatic N) is 5. The predicted molar refractivity (Wildman–Crippen MR) is 136 cm³/mol. The van der Waals surface area contributed by atoms with Gasteiger partial charge < -0.3 is 5.32 Å². The molecule has 1 amide bonds. The van der Waals surface area contributed by atoms with E-state index in [1.807, 2.05) is 43.3 Å². The van der Waals surface area contributed by atoms with E-state index >= 15 is 0 Å². The topological polar surface area (TPSA) is 77.1 Å². The summed E-state index contributed by atoms with van der Waals surface area (Å²) in [6, 6.07) is 16.7. The quantitative estimate of drug-likeness (QED) is 0.307. The summed E-state index contributed by atoms with van der Waals surface area (Å²) in [6.45, 7) is 2.48. The summed E-state index contributed by atoms with van der Waals surface area (Å²) >= 11 is 6.44. The highest BCUT2D eigenvalue weighted by molar-refractivity contribution is 6.37. The van der Waals surface area contributed by atoms with Crippen LogP contribution in [-0.4, -0.2) is 30.3 Å². The number of anilines is 1. The van der Waals surface area contributed by atoms with E-state index in [9.17, 15) is 18.0 Å². The number of hydrogen-bond donors (Lipinski definition) is 1. The largest absolute Gasteiger partial charge is 0.433 e. The molecule has 6 rings (SSSR count). The molecule has 1 N–H and O–H groups in total. The first-order chi connectivity index (χ1) is 18.2. The van der Waals surface area contributed by atoms with Crippen LogP contribution in [0.4, 0.5) is 19.0 Å². The van der Waals surface area contributed by atoms with Crippen LogP contribution in [0.3, 0.4) is 0 Å². The fourth-order valence-electron chi connectivity index (χ4n) is 4.75. The van der Waals surface area contributed by atoms with E-state index < -0.39 is 17.8 Å². The molecule has 3 heterocycles.